The van der Waals surface area contributed by atoms with Crippen LogP contribution in [0.4, 0.5) is 5.69 Å². The Hall–Kier alpha value is -1.59. The molecule has 5 nitrogen and oxygen atoms in total. The maximum Gasteiger partial charge on any atom is 0.253 e. The summed E-state index contributed by atoms with van der Waals surface area (Å²) in [5.41, 5.74) is 1.42. The number of hydrogen-bond donors (Lipinski definition) is 2. The zero-order chi connectivity index (χ0) is 13.4. The fourth-order valence-electron chi connectivity index (χ4n) is 1.60. The van der Waals surface area contributed by atoms with Gasteiger partial charge in [0.25, 0.3) is 5.91 Å². The highest BCUT2D eigenvalue weighted by molar-refractivity contribution is 5.99. The van der Waals surface area contributed by atoms with E-state index in [1.807, 2.05) is 18.2 Å². The van der Waals surface area contributed by atoms with Crippen LogP contribution in [0.25, 0.3) is 0 Å². The number of nitrogens with one attached hydrogen (secondary N) is 2. The van der Waals surface area contributed by atoms with E-state index in [-0.39, 0.29) is 12.0 Å². The van der Waals surface area contributed by atoms with Crippen molar-refractivity contribution in [2.75, 3.05) is 39.7 Å². The van der Waals surface area contributed by atoms with Crippen molar-refractivity contribution in [1.29, 1.82) is 0 Å². The van der Waals surface area contributed by atoms with Gasteiger partial charge in [-0.05, 0) is 12.1 Å². The summed E-state index contributed by atoms with van der Waals surface area (Å²) in [6, 6.07) is 7.35. The highest BCUT2D eigenvalue weighted by Gasteiger charge is 2.12. The molecule has 0 saturated heterocycles. The van der Waals surface area contributed by atoms with E-state index < -0.39 is 0 Å². The number of carbonyl (C=O) groups is 1. The Bertz CT molecular complexity index is 382. The highest BCUT2D eigenvalue weighted by Crippen LogP contribution is 2.13. The van der Waals surface area contributed by atoms with Crippen molar-refractivity contribution in [1.82, 2.24) is 5.32 Å². The summed E-state index contributed by atoms with van der Waals surface area (Å²) in [5, 5.41) is 5.81. The monoisotopic (exact) mass is 252 g/mol. The standard InChI is InChI=1S/C13H20N2O3/c1-14-12-7-5-4-6-11(12)13(16)15-8-10(18-3)9-17-2/h4-7,10,14H,8-9H2,1-3H3,(H,15,16). The maximum atomic E-state index is 12.0. The molecule has 0 spiro atoms. The number of rotatable bonds is 7. The van der Waals surface area contributed by atoms with Crippen molar-refractivity contribution in [3.05, 3.63) is 29.8 Å². The van der Waals surface area contributed by atoms with Crippen molar-refractivity contribution in [3.63, 3.8) is 0 Å². The van der Waals surface area contributed by atoms with Gasteiger partial charge in [0.1, 0.15) is 0 Å². The molecule has 1 aromatic carbocycles. The van der Waals surface area contributed by atoms with Gasteiger partial charge >= 0.3 is 0 Å². The van der Waals surface area contributed by atoms with E-state index in [4.69, 9.17) is 9.47 Å². The van der Waals surface area contributed by atoms with Crippen LogP contribution in [0.5, 0.6) is 0 Å². The summed E-state index contributed by atoms with van der Waals surface area (Å²) >= 11 is 0. The summed E-state index contributed by atoms with van der Waals surface area (Å²) in [6.07, 6.45) is -0.138. The van der Waals surface area contributed by atoms with Crippen LogP contribution in [-0.2, 0) is 9.47 Å². The lowest BCUT2D eigenvalue weighted by Gasteiger charge is -2.15. The molecule has 1 atom stereocenters. The van der Waals surface area contributed by atoms with Crippen LogP contribution in [0.3, 0.4) is 0 Å². The van der Waals surface area contributed by atoms with Gasteiger partial charge in [0.15, 0.2) is 0 Å². The van der Waals surface area contributed by atoms with Gasteiger partial charge in [-0.15, -0.1) is 0 Å². The molecule has 0 radical (unpaired) electrons. The first-order chi connectivity index (χ1) is 8.72. The molecule has 2 N–H and O–H groups in total. The largest absolute Gasteiger partial charge is 0.387 e. The van der Waals surface area contributed by atoms with E-state index >= 15 is 0 Å². The van der Waals surface area contributed by atoms with Gasteiger partial charge in [-0.1, -0.05) is 12.1 Å². The van der Waals surface area contributed by atoms with Gasteiger partial charge in [0.05, 0.1) is 18.3 Å². The third kappa shape index (κ3) is 4.01. The molecule has 1 aromatic rings. The minimum absolute atomic E-state index is 0.127. The van der Waals surface area contributed by atoms with Gasteiger partial charge in [-0.2, -0.15) is 0 Å². The van der Waals surface area contributed by atoms with Crippen molar-refractivity contribution >= 4 is 11.6 Å². The van der Waals surface area contributed by atoms with E-state index in [0.717, 1.165) is 5.69 Å². The smallest absolute Gasteiger partial charge is 0.253 e. The molecule has 18 heavy (non-hydrogen) atoms. The van der Waals surface area contributed by atoms with E-state index in [1.165, 1.54) is 0 Å². The number of hydrogen-bond acceptors (Lipinski definition) is 4. The van der Waals surface area contributed by atoms with Crippen LogP contribution in [0.1, 0.15) is 10.4 Å². The second-order valence-electron chi connectivity index (χ2n) is 3.82. The molecule has 5 heteroatoms. The predicted octanol–water partition coefficient (Wildman–Crippen LogP) is 1.12. The van der Waals surface area contributed by atoms with E-state index in [2.05, 4.69) is 10.6 Å². The molecule has 1 rings (SSSR count). The average Bonchev–Trinajstić information content (AvgIpc) is 2.42. The Morgan fingerprint density at radius 1 is 1.33 bits per heavy atom. The number of benzene rings is 1. The summed E-state index contributed by atoms with van der Waals surface area (Å²) in [7, 11) is 4.98. The third-order valence-electron chi connectivity index (χ3n) is 2.62. The zero-order valence-corrected chi connectivity index (χ0v) is 11.0. The highest BCUT2D eigenvalue weighted by atomic mass is 16.5. The molecule has 1 unspecified atom stereocenters. The van der Waals surface area contributed by atoms with Crippen molar-refractivity contribution in [2.24, 2.45) is 0 Å². The number of carbonyl (C=O) groups excluding carboxylic acids is 1. The van der Waals surface area contributed by atoms with Crippen LogP contribution in [0, 0.1) is 0 Å². The Morgan fingerprint density at radius 3 is 2.67 bits per heavy atom. The molecular weight excluding hydrogens is 232 g/mol. The molecule has 0 aliphatic rings. The van der Waals surface area contributed by atoms with Crippen molar-refractivity contribution < 1.29 is 14.3 Å². The van der Waals surface area contributed by atoms with E-state index in [9.17, 15) is 4.79 Å². The van der Waals surface area contributed by atoms with Crippen LogP contribution < -0.4 is 10.6 Å². The predicted molar refractivity (Wildman–Crippen MR) is 71.0 cm³/mol. The van der Waals surface area contributed by atoms with Crippen molar-refractivity contribution in [3.8, 4) is 0 Å². The first-order valence-electron chi connectivity index (χ1n) is 5.79. The van der Waals surface area contributed by atoms with E-state index in [1.54, 1.807) is 27.3 Å². The Kier molecular flexibility index (Phi) is 6.18. The van der Waals surface area contributed by atoms with Gasteiger partial charge in [-0.3, -0.25) is 4.79 Å². The number of amides is 1. The van der Waals surface area contributed by atoms with Crippen molar-refractivity contribution in [2.45, 2.75) is 6.10 Å². The summed E-state index contributed by atoms with van der Waals surface area (Å²) in [5.74, 6) is -0.127. The minimum atomic E-state index is -0.138. The SMILES string of the molecule is CNc1ccccc1C(=O)NCC(COC)OC. The lowest BCUT2D eigenvalue weighted by atomic mass is 10.1. The molecule has 100 valence electrons. The fourth-order valence-corrected chi connectivity index (χ4v) is 1.60. The molecule has 0 saturated carbocycles. The maximum absolute atomic E-state index is 12.0. The second-order valence-corrected chi connectivity index (χ2v) is 3.82. The molecule has 0 bridgehead atoms. The Labute approximate surface area is 107 Å². The van der Waals surface area contributed by atoms with Crippen LogP contribution in [-0.4, -0.2) is 46.4 Å². The normalized spacial score (nSPS) is 11.9. The topological polar surface area (TPSA) is 59.6 Å². The van der Waals surface area contributed by atoms with Gasteiger partial charge in [-0.25, -0.2) is 0 Å². The first kappa shape index (κ1) is 14.5. The number of ether oxygens (including phenoxy) is 2. The number of anilines is 1. The van der Waals surface area contributed by atoms with Gasteiger partial charge in [0, 0.05) is 33.5 Å². The molecule has 0 aromatic heterocycles. The molecule has 0 aliphatic heterocycles. The fraction of sp³-hybridized carbons (Fsp3) is 0.462. The first-order valence-corrected chi connectivity index (χ1v) is 5.79. The Morgan fingerprint density at radius 2 is 2.06 bits per heavy atom. The molecule has 0 heterocycles. The lowest BCUT2D eigenvalue weighted by Crippen LogP contribution is -2.35. The van der Waals surface area contributed by atoms with Crippen LogP contribution in [0.2, 0.25) is 0 Å². The summed E-state index contributed by atoms with van der Waals surface area (Å²) < 4.78 is 10.2. The number of para-hydroxylation sites is 1. The third-order valence-corrected chi connectivity index (χ3v) is 2.62. The van der Waals surface area contributed by atoms with Gasteiger partial charge < -0.3 is 20.1 Å². The molecular formula is C13H20N2O3. The summed E-state index contributed by atoms with van der Waals surface area (Å²) in [6.45, 7) is 0.867. The molecule has 0 fully saturated rings. The minimum Gasteiger partial charge on any atom is -0.387 e. The van der Waals surface area contributed by atoms with Crippen LogP contribution >= 0.6 is 0 Å². The zero-order valence-electron chi connectivity index (χ0n) is 11.0. The lowest BCUT2D eigenvalue weighted by molar-refractivity contribution is 0.0285. The van der Waals surface area contributed by atoms with E-state index in [0.29, 0.717) is 18.7 Å². The Balaban J connectivity index is 2.59. The quantitative estimate of drug-likeness (QED) is 0.763. The van der Waals surface area contributed by atoms with Crippen LogP contribution in [0.15, 0.2) is 24.3 Å². The number of methoxy groups -OCH3 is 2. The van der Waals surface area contributed by atoms with Gasteiger partial charge in [0.2, 0.25) is 0 Å². The molecule has 0 aliphatic carbocycles. The molecule has 1 amide bonds. The second kappa shape index (κ2) is 7.68. The summed E-state index contributed by atoms with van der Waals surface area (Å²) in [4.78, 5) is 12.0. The average molecular weight is 252 g/mol.